The largest absolute Gasteiger partial charge is 0.343 e. The summed E-state index contributed by atoms with van der Waals surface area (Å²) in [6.07, 6.45) is 4.16. The van der Waals surface area contributed by atoms with Crippen molar-refractivity contribution >= 4 is 5.91 Å². The lowest BCUT2D eigenvalue weighted by Gasteiger charge is -2.23. The minimum atomic E-state index is 0.316. The van der Waals surface area contributed by atoms with E-state index in [9.17, 15) is 4.79 Å². The third-order valence-electron chi connectivity index (χ3n) is 3.58. The maximum atomic E-state index is 12.0. The highest BCUT2D eigenvalue weighted by Crippen LogP contribution is 2.29. The average molecular weight is 240 g/mol. The molecule has 0 aromatic rings. The van der Waals surface area contributed by atoms with Gasteiger partial charge in [-0.25, -0.2) is 0 Å². The van der Waals surface area contributed by atoms with E-state index in [1.165, 1.54) is 6.42 Å². The standard InChI is InChI=1S/C14H28N2O/c1-12(2)15-9-6-13(17)16-10-5-7-14(3,4)8-11-16/h12,15H,5-11H2,1-4H3. The van der Waals surface area contributed by atoms with E-state index in [1.54, 1.807) is 0 Å². The van der Waals surface area contributed by atoms with Gasteiger partial charge in [-0.05, 0) is 24.7 Å². The Kier molecular flexibility index (Phi) is 5.44. The van der Waals surface area contributed by atoms with E-state index in [-0.39, 0.29) is 0 Å². The van der Waals surface area contributed by atoms with Crippen molar-refractivity contribution in [3.8, 4) is 0 Å². The van der Waals surface area contributed by atoms with E-state index in [0.717, 1.165) is 32.5 Å². The molecule has 0 saturated carbocycles. The zero-order valence-corrected chi connectivity index (χ0v) is 11.9. The first kappa shape index (κ1) is 14.5. The minimum Gasteiger partial charge on any atom is -0.343 e. The fourth-order valence-electron chi connectivity index (χ4n) is 2.30. The van der Waals surface area contributed by atoms with E-state index in [4.69, 9.17) is 0 Å². The zero-order chi connectivity index (χ0) is 12.9. The lowest BCUT2D eigenvalue weighted by Crippen LogP contribution is -2.35. The number of hydrogen-bond donors (Lipinski definition) is 1. The molecule has 1 saturated heterocycles. The molecule has 0 bridgehead atoms. The quantitative estimate of drug-likeness (QED) is 0.818. The highest BCUT2D eigenvalue weighted by Gasteiger charge is 2.24. The molecule has 1 fully saturated rings. The molecule has 1 aliphatic heterocycles. The van der Waals surface area contributed by atoms with Crippen LogP contribution in [0.15, 0.2) is 0 Å². The predicted molar refractivity (Wildman–Crippen MR) is 72.0 cm³/mol. The van der Waals surface area contributed by atoms with Crippen LogP contribution in [-0.2, 0) is 4.79 Å². The van der Waals surface area contributed by atoms with E-state index in [1.807, 2.05) is 0 Å². The smallest absolute Gasteiger partial charge is 0.223 e. The Morgan fingerprint density at radius 2 is 2.00 bits per heavy atom. The number of nitrogens with one attached hydrogen (secondary N) is 1. The highest BCUT2D eigenvalue weighted by molar-refractivity contribution is 5.76. The molecule has 100 valence electrons. The van der Waals surface area contributed by atoms with Gasteiger partial charge < -0.3 is 10.2 Å². The number of carbonyl (C=O) groups is 1. The Labute approximate surface area is 106 Å². The van der Waals surface area contributed by atoms with Crippen LogP contribution < -0.4 is 5.32 Å². The summed E-state index contributed by atoms with van der Waals surface area (Å²) in [5, 5.41) is 3.30. The minimum absolute atomic E-state index is 0.316. The summed E-state index contributed by atoms with van der Waals surface area (Å²) < 4.78 is 0. The van der Waals surface area contributed by atoms with Crippen molar-refractivity contribution < 1.29 is 4.79 Å². The van der Waals surface area contributed by atoms with Crippen molar-refractivity contribution in [2.45, 2.75) is 59.4 Å². The molecule has 17 heavy (non-hydrogen) atoms. The summed E-state index contributed by atoms with van der Waals surface area (Å²) in [5.74, 6) is 0.316. The molecule has 0 spiro atoms. The van der Waals surface area contributed by atoms with Crippen LogP contribution in [0.3, 0.4) is 0 Å². The fraction of sp³-hybridized carbons (Fsp3) is 0.929. The van der Waals surface area contributed by atoms with Gasteiger partial charge in [-0.3, -0.25) is 4.79 Å². The van der Waals surface area contributed by atoms with E-state index >= 15 is 0 Å². The van der Waals surface area contributed by atoms with Gasteiger partial charge in [0.2, 0.25) is 5.91 Å². The van der Waals surface area contributed by atoms with Gasteiger partial charge in [0.15, 0.2) is 0 Å². The van der Waals surface area contributed by atoms with Gasteiger partial charge in [-0.1, -0.05) is 27.7 Å². The van der Waals surface area contributed by atoms with E-state index < -0.39 is 0 Å². The summed E-state index contributed by atoms with van der Waals surface area (Å²) in [6, 6.07) is 0.464. The molecule has 3 heteroatoms. The maximum Gasteiger partial charge on any atom is 0.223 e. The Balaban J connectivity index is 2.32. The number of hydrogen-bond acceptors (Lipinski definition) is 2. The van der Waals surface area contributed by atoms with Gasteiger partial charge >= 0.3 is 0 Å². The van der Waals surface area contributed by atoms with Crippen LogP contribution in [0.5, 0.6) is 0 Å². The maximum absolute atomic E-state index is 12.0. The molecule has 0 aromatic carbocycles. The van der Waals surface area contributed by atoms with Gasteiger partial charge in [0.25, 0.3) is 0 Å². The third kappa shape index (κ3) is 5.53. The third-order valence-corrected chi connectivity index (χ3v) is 3.58. The number of amides is 1. The summed E-state index contributed by atoms with van der Waals surface area (Å²) >= 11 is 0. The normalized spacial score (nSPS) is 20.4. The molecule has 1 aliphatic rings. The predicted octanol–water partition coefficient (Wildman–Crippen LogP) is 2.41. The second kappa shape index (κ2) is 6.39. The summed E-state index contributed by atoms with van der Waals surface area (Å²) in [6.45, 7) is 11.5. The van der Waals surface area contributed by atoms with Crippen molar-refractivity contribution in [2.75, 3.05) is 19.6 Å². The average Bonchev–Trinajstić information content (AvgIpc) is 2.38. The van der Waals surface area contributed by atoms with Crippen LogP contribution in [0.4, 0.5) is 0 Å². The van der Waals surface area contributed by atoms with Gasteiger partial charge in [0.1, 0.15) is 0 Å². The monoisotopic (exact) mass is 240 g/mol. The molecule has 0 aliphatic carbocycles. The number of rotatable bonds is 4. The molecular formula is C14H28N2O. The SMILES string of the molecule is CC(C)NCCC(=O)N1CCCC(C)(C)CC1. The molecule has 1 rings (SSSR count). The number of carbonyl (C=O) groups excluding carboxylic acids is 1. The van der Waals surface area contributed by atoms with E-state index in [2.05, 4.69) is 37.9 Å². The van der Waals surface area contributed by atoms with Crippen LogP contribution in [0.1, 0.15) is 53.4 Å². The topological polar surface area (TPSA) is 32.3 Å². The van der Waals surface area contributed by atoms with E-state index in [0.29, 0.717) is 23.8 Å². The highest BCUT2D eigenvalue weighted by atomic mass is 16.2. The number of nitrogens with zero attached hydrogens (tertiary/aromatic N) is 1. The molecule has 1 heterocycles. The van der Waals surface area contributed by atoms with Crippen LogP contribution in [0, 0.1) is 5.41 Å². The van der Waals surface area contributed by atoms with Crippen molar-refractivity contribution in [3.05, 3.63) is 0 Å². The second-order valence-corrected chi connectivity index (χ2v) is 6.26. The summed E-state index contributed by atoms with van der Waals surface area (Å²) in [7, 11) is 0. The molecule has 0 unspecified atom stereocenters. The van der Waals surface area contributed by atoms with Gasteiger partial charge in [-0.2, -0.15) is 0 Å². The number of likely N-dealkylation sites (tertiary alicyclic amines) is 1. The first-order chi connectivity index (χ1) is 7.91. The van der Waals surface area contributed by atoms with Gasteiger partial charge in [0.05, 0.1) is 0 Å². The van der Waals surface area contributed by atoms with Crippen LogP contribution in [0.25, 0.3) is 0 Å². The lowest BCUT2D eigenvalue weighted by molar-refractivity contribution is -0.131. The van der Waals surface area contributed by atoms with Crippen LogP contribution in [-0.4, -0.2) is 36.5 Å². The zero-order valence-electron chi connectivity index (χ0n) is 11.9. The van der Waals surface area contributed by atoms with Crippen molar-refractivity contribution in [2.24, 2.45) is 5.41 Å². The molecule has 1 amide bonds. The van der Waals surface area contributed by atoms with Crippen LogP contribution in [0.2, 0.25) is 0 Å². The molecule has 0 radical (unpaired) electrons. The Bertz CT molecular complexity index is 249. The Morgan fingerprint density at radius 3 is 2.65 bits per heavy atom. The molecule has 3 nitrogen and oxygen atoms in total. The second-order valence-electron chi connectivity index (χ2n) is 6.26. The molecule has 0 aromatic heterocycles. The first-order valence-electron chi connectivity index (χ1n) is 6.92. The summed E-state index contributed by atoms with van der Waals surface area (Å²) in [5.41, 5.74) is 0.408. The fourth-order valence-corrected chi connectivity index (χ4v) is 2.30. The van der Waals surface area contributed by atoms with Gasteiger partial charge in [-0.15, -0.1) is 0 Å². The Hall–Kier alpha value is -0.570. The first-order valence-corrected chi connectivity index (χ1v) is 6.92. The van der Waals surface area contributed by atoms with Gasteiger partial charge in [0, 0.05) is 32.1 Å². The van der Waals surface area contributed by atoms with Crippen molar-refractivity contribution in [1.29, 1.82) is 0 Å². The van der Waals surface area contributed by atoms with Crippen molar-refractivity contribution in [1.82, 2.24) is 10.2 Å². The lowest BCUT2D eigenvalue weighted by atomic mass is 9.85. The molecule has 1 N–H and O–H groups in total. The Morgan fingerprint density at radius 1 is 1.29 bits per heavy atom. The molecule has 0 atom stereocenters. The molecular weight excluding hydrogens is 212 g/mol. The van der Waals surface area contributed by atoms with Crippen LogP contribution >= 0.6 is 0 Å². The summed E-state index contributed by atoms with van der Waals surface area (Å²) in [4.78, 5) is 14.1. The van der Waals surface area contributed by atoms with Crippen molar-refractivity contribution in [3.63, 3.8) is 0 Å².